The predicted molar refractivity (Wildman–Crippen MR) is 39.5 cm³/mol. The maximum absolute atomic E-state index is 8.59. The molecule has 0 fully saturated rings. The van der Waals surface area contributed by atoms with Crippen LogP contribution >= 0.6 is 0 Å². The molecule has 0 amide bonds. The summed E-state index contributed by atoms with van der Waals surface area (Å²) in [5, 5.41) is 11.0. The lowest BCUT2D eigenvalue weighted by Crippen LogP contribution is -1.93. The molecule has 0 saturated heterocycles. The minimum Gasteiger partial charge on any atom is -0.436 e. The number of pyridine rings is 1. The Balaban J connectivity index is 2.80. The molecule has 0 aliphatic heterocycles. The first kappa shape index (κ1) is 7.09. The molecule has 0 aliphatic rings. The molecule has 1 aromatic heterocycles. The highest BCUT2D eigenvalue weighted by molar-refractivity contribution is 6.15. The van der Waals surface area contributed by atoms with E-state index in [0.717, 1.165) is 5.69 Å². The molecule has 0 aromatic carbocycles. The van der Waals surface area contributed by atoms with E-state index in [1.54, 1.807) is 18.3 Å². The number of anilines is 1. The zero-order valence-corrected chi connectivity index (χ0v) is 5.41. The van der Waals surface area contributed by atoms with Crippen LogP contribution in [0.5, 0.6) is 0 Å². The average molecular weight is 134 g/mol. The van der Waals surface area contributed by atoms with E-state index in [4.69, 9.17) is 13.1 Å². The number of aliphatic hydroxyl groups is 1. The van der Waals surface area contributed by atoms with Crippen molar-refractivity contribution in [2.24, 2.45) is 0 Å². The van der Waals surface area contributed by atoms with Gasteiger partial charge in [-0.2, -0.15) is 0 Å². The molecule has 0 saturated carbocycles. The largest absolute Gasteiger partial charge is 0.436 e. The fraction of sp³-hybridized carbons (Fsp3) is 0.167. The lowest BCUT2D eigenvalue weighted by Gasteiger charge is -1.98. The summed E-state index contributed by atoms with van der Waals surface area (Å²) in [6.45, 7) is -0.0369. The van der Waals surface area contributed by atoms with E-state index in [9.17, 15) is 0 Å². The Morgan fingerprint density at radius 2 is 2.40 bits per heavy atom. The van der Waals surface area contributed by atoms with Gasteiger partial charge in [0.2, 0.25) is 7.98 Å². The molecule has 0 spiro atoms. The minimum absolute atomic E-state index is 0.0369. The van der Waals surface area contributed by atoms with Crippen LogP contribution in [0.2, 0.25) is 0 Å². The molecule has 3 nitrogen and oxygen atoms in total. The number of nitrogens with one attached hydrogen (secondary N) is 1. The van der Waals surface area contributed by atoms with Gasteiger partial charge in [0, 0.05) is 11.9 Å². The standard InChI is InChI=1S/C6H7BN2O/c7-9-5-1-2-6(4-10)8-3-5/h1-3,9-10H,4H2. The summed E-state index contributed by atoms with van der Waals surface area (Å²) in [7, 11) is 5.09. The molecule has 4 heteroatoms. The molecule has 0 atom stereocenters. The van der Waals surface area contributed by atoms with Gasteiger partial charge in [-0.05, 0) is 12.1 Å². The fourth-order valence-electron chi connectivity index (χ4n) is 0.603. The number of rotatable bonds is 2. The van der Waals surface area contributed by atoms with Gasteiger partial charge in [-0.15, -0.1) is 0 Å². The number of aliphatic hydroxyl groups excluding tert-OH is 1. The Hall–Kier alpha value is -1.03. The van der Waals surface area contributed by atoms with Crippen LogP contribution in [0.1, 0.15) is 5.69 Å². The highest BCUT2D eigenvalue weighted by Gasteiger charge is 1.89. The molecule has 1 aromatic rings. The highest BCUT2D eigenvalue weighted by Crippen LogP contribution is 2.03. The lowest BCUT2D eigenvalue weighted by molar-refractivity contribution is 0.277. The first-order valence-corrected chi connectivity index (χ1v) is 2.89. The van der Waals surface area contributed by atoms with Crippen molar-refractivity contribution < 1.29 is 5.11 Å². The van der Waals surface area contributed by atoms with Crippen LogP contribution in [-0.4, -0.2) is 18.1 Å². The van der Waals surface area contributed by atoms with Crippen molar-refractivity contribution >= 4 is 13.7 Å². The van der Waals surface area contributed by atoms with Crippen molar-refractivity contribution in [2.45, 2.75) is 6.61 Å². The van der Waals surface area contributed by atoms with Crippen molar-refractivity contribution in [3.05, 3.63) is 24.0 Å². The third kappa shape index (κ3) is 1.48. The van der Waals surface area contributed by atoms with Crippen LogP contribution in [-0.2, 0) is 6.61 Å². The number of hydrogen-bond acceptors (Lipinski definition) is 3. The van der Waals surface area contributed by atoms with Gasteiger partial charge in [0.1, 0.15) is 0 Å². The molecule has 1 rings (SSSR count). The molecule has 1 heterocycles. The molecule has 0 bridgehead atoms. The molecule has 10 heavy (non-hydrogen) atoms. The molecule has 0 unspecified atom stereocenters. The Morgan fingerprint density at radius 3 is 2.80 bits per heavy atom. The van der Waals surface area contributed by atoms with Gasteiger partial charge in [-0.25, -0.2) is 0 Å². The minimum atomic E-state index is -0.0369. The van der Waals surface area contributed by atoms with E-state index < -0.39 is 0 Å². The van der Waals surface area contributed by atoms with Crippen LogP contribution in [0.4, 0.5) is 5.69 Å². The summed E-state index contributed by atoms with van der Waals surface area (Å²) in [5.74, 6) is 0. The van der Waals surface area contributed by atoms with Crippen molar-refractivity contribution in [3.8, 4) is 0 Å². The summed E-state index contributed by atoms with van der Waals surface area (Å²) in [6, 6.07) is 3.45. The Bertz CT molecular complexity index is 176. The van der Waals surface area contributed by atoms with Gasteiger partial charge in [0.25, 0.3) is 0 Å². The van der Waals surface area contributed by atoms with Crippen molar-refractivity contribution in [1.29, 1.82) is 0 Å². The van der Waals surface area contributed by atoms with Crippen molar-refractivity contribution in [3.63, 3.8) is 0 Å². The second-order valence-corrected chi connectivity index (χ2v) is 1.84. The first-order valence-electron chi connectivity index (χ1n) is 2.89. The van der Waals surface area contributed by atoms with E-state index in [1.807, 2.05) is 0 Å². The Labute approximate surface area is 60.5 Å². The zero-order valence-electron chi connectivity index (χ0n) is 5.41. The number of nitrogens with zero attached hydrogens (tertiary/aromatic N) is 1. The van der Waals surface area contributed by atoms with Crippen molar-refractivity contribution in [1.82, 2.24) is 4.98 Å². The van der Waals surface area contributed by atoms with Crippen LogP contribution in [0, 0.1) is 0 Å². The number of aromatic nitrogens is 1. The third-order valence-corrected chi connectivity index (χ3v) is 1.15. The van der Waals surface area contributed by atoms with Gasteiger partial charge < -0.3 is 10.3 Å². The van der Waals surface area contributed by atoms with Gasteiger partial charge in [-0.3, -0.25) is 4.98 Å². The SMILES string of the molecule is [B]Nc1ccc(CO)nc1. The molecule has 50 valence electrons. The summed E-state index contributed by atoms with van der Waals surface area (Å²) >= 11 is 0. The van der Waals surface area contributed by atoms with E-state index in [1.165, 1.54) is 0 Å². The second kappa shape index (κ2) is 3.22. The second-order valence-electron chi connectivity index (χ2n) is 1.84. The molecule has 2 N–H and O–H groups in total. The van der Waals surface area contributed by atoms with Crippen LogP contribution < -0.4 is 5.23 Å². The Morgan fingerprint density at radius 1 is 1.60 bits per heavy atom. The maximum Gasteiger partial charge on any atom is 0.222 e. The zero-order chi connectivity index (χ0) is 7.40. The molecular formula is C6H7BN2O. The van der Waals surface area contributed by atoms with Crippen LogP contribution in [0.3, 0.4) is 0 Å². The smallest absolute Gasteiger partial charge is 0.222 e. The topological polar surface area (TPSA) is 45.1 Å². The maximum atomic E-state index is 8.59. The summed E-state index contributed by atoms with van der Waals surface area (Å²) < 4.78 is 0. The third-order valence-electron chi connectivity index (χ3n) is 1.15. The van der Waals surface area contributed by atoms with Gasteiger partial charge in [-0.1, -0.05) is 0 Å². The van der Waals surface area contributed by atoms with Gasteiger partial charge in [0.05, 0.1) is 12.3 Å². The quantitative estimate of drug-likeness (QED) is 0.562. The highest BCUT2D eigenvalue weighted by atomic mass is 16.3. The Kier molecular flexibility index (Phi) is 2.28. The van der Waals surface area contributed by atoms with E-state index in [0.29, 0.717) is 5.69 Å². The monoisotopic (exact) mass is 134 g/mol. The number of hydrogen-bond donors (Lipinski definition) is 2. The van der Waals surface area contributed by atoms with E-state index in [-0.39, 0.29) is 6.61 Å². The normalized spacial score (nSPS) is 9.30. The van der Waals surface area contributed by atoms with Crippen molar-refractivity contribution in [2.75, 3.05) is 5.23 Å². The lowest BCUT2D eigenvalue weighted by atomic mass is 10.3. The molecule has 2 radical (unpaired) electrons. The molecular weight excluding hydrogens is 127 g/mol. The fourth-order valence-corrected chi connectivity index (χ4v) is 0.603. The summed E-state index contributed by atoms with van der Waals surface area (Å²) in [5.41, 5.74) is 1.37. The first-order chi connectivity index (χ1) is 4.86. The average Bonchev–Trinajstić information content (AvgIpc) is 2.05. The summed E-state index contributed by atoms with van der Waals surface area (Å²) in [6.07, 6.45) is 1.56. The van der Waals surface area contributed by atoms with Gasteiger partial charge >= 0.3 is 0 Å². The predicted octanol–water partition coefficient (Wildman–Crippen LogP) is 0.0693. The summed E-state index contributed by atoms with van der Waals surface area (Å²) in [4.78, 5) is 3.88. The molecule has 0 aliphatic carbocycles. The van der Waals surface area contributed by atoms with Gasteiger partial charge in [0.15, 0.2) is 0 Å². The van der Waals surface area contributed by atoms with E-state index >= 15 is 0 Å². The van der Waals surface area contributed by atoms with Crippen LogP contribution in [0.15, 0.2) is 18.3 Å². The van der Waals surface area contributed by atoms with E-state index in [2.05, 4.69) is 10.2 Å². The van der Waals surface area contributed by atoms with Crippen LogP contribution in [0.25, 0.3) is 0 Å².